The Kier molecular flexibility index (Phi) is 7.27. The van der Waals surface area contributed by atoms with Crippen molar-refractivity contribution in [1.29, 1.82) is 10.5 Å². The summed E-state index contributed by atoms with van der Waals surface area (Å²) >= 11 is 13.8. The van der Waals surface area contributed by atoms with Gasteiger partial charge in [-0.25, -0.2) is 9.37 Å². The standard InChI is InChI=1S/C11H10BrFN2O.C8Cl2N2O2/c1-5(2)9-11(16)15-10-7(14-9)4-3-6(12)8(10)13;9-5-6(10)8(14)4(2-12)3(1-11)7(5)13/h3-5H,1-2H3,(H,15,16);. The van der Waals surface area contributed by atoms with Crippen molar-refractivity contribution in [1.82, 2.24) is 9.97 Å². The molecule has 3 rings (SSSR count). The highest BCUT2D eigenvalue weighted by molar-refractivity contribution is 9.10. The molecule has 0 atom stereocenters. The van der Waals surface area contributed by atoms with Crippen molar-refractivity contribution in [2.24, 2.45) is 0 Å². The van der Waals surface area contributed by atoms with E-state index in [0.717, 1.165) is 0 Å². The summed E-state index contributed by atoms with van der Waals surface area (Å²) in [4.78, 5) is 40.8. The molecule has 1 heterocycles. The van der Waals surface area contributed by atoms with E-state index in [-0.39, 0.29) is 17.0 Å². The molecule has 0 radical (unpaired) electrons. The van der Waals surface area contributed by atoms with Crippen molar-refractivity contribution in [2.45, 2.75) is 19.8 Å². The number of nitriles is 2. The Morgan fingerprint density at radius 2 is 1.57 bits per heavy atom. The van der Waals surface area contributed by atoms with E-state index < -0.39 is 38.6 Å². The van der Waals surface area contributed by atoms with Crippen molar-refractivity contribution in [2.75, 3.05) is 0 Å². The third-order valence-corrected chi connectivity index (χ3v) is 5.28. The molecule has 0 unspecified atom stereocenters. The number of hydrogen-bond acceptors (Lipinski definition) is 6. The summed E-state index contributed by atoms with van der Waals surface area (Å²) in [5, 5.41) is 16.0. The lowest BCUT2D eigenvalue weighted by atomic mass is 9.96. The van der Waals surface area contributed by atoms with Gasteiger partial charge in [0.15, 0.2) is 5.82 Å². The van der Waals surface area contributed by atoms with E-state index in [1.54, 1.807) is 12.1 Å². The summed E-state index contributed by atoms with van der Waals surface area (Å²) in [6.07, 6.45) is 0. The average molecular weight is 512 g/mol. The van der Waals surface area contributed by atoms with E-state index in [1.807, 2.05) is 13.8 Å². The number of nitrogens with one attached hydrogen (secondary N) is 1. The predicted molar refractivity (Wildman–Crippen MR) is 111 cm³/mol. The van der Waals surface area contributed by atoms with Crippen LogP contribution >= 0.6 is 39.1 Å². The van der Waals surface area contributed by atoms with Gasteiger partial charge in [-0.3, -0.25) is 14.4 Å². The van der Waals surface area contributed by atoms with Crippen LogP contribution < -0.4 is 5.56 Å². The molecule has 1 aromatic heterocycles. The lowest BCUT2D eigenvalue weighted by Gasteiger charge is -2.08. The highest BCUT2D eigenvalue weighted by atomic mass is 79.9. The number of rotatable bonds is 1. The Morgan fingerprint density at radius 1 is 1.07 bits per heavy atom. The number of halogens is 4. The topological polar surface area (TPSA) is 127 Å². The zero-order valence-electron chi connectivity index (χ0n) is 15.3. The summed E-state index contributed by atoms with van der Waals surface area (Å²) < 4.78 is 14.0. The highest BCUT2D eigenvalue weighted by Gasteiger charge is 2.33. The molecular weight excluding hydrogens is 502 g/mol. The second-order valence-electron chi connectivity index (χ2n) is 6.12. The summed E-state index contributed by atoms with van der Waals surface area (Å²) in [6.45, 7) is 3.75. The number of benzene rings is 1. The molecule has 152 valence electrons. The number of ketones is 2. The van der Waals surface area contributed by atoms with Gasteiger partial charge in [0.05, 0.1) is 9.99 Å². The van der Waals surface area contributed by atoms with E-state index >= 15 is 0 Å². The SMILES string of the molecule is CC(C)c1nc2ccc(Br)c(F)c2[nH]c1=O.N#CC1=C(C#N)C(=O)C(Cl)=C(Cl)C1=O. The van der Waals surface area contributed by atoms with Crippen LogP contribution in [-0.2, 0) is 9.59 Å². The van der Waals surface area contributed by atoms with Gasteiger partial charge in [-0.1, -0.05) is 37.0 Å². The number of aromatic nitrogens is 2. The Morgan fingerprint density at radius 3 is 2.00 bits per heavy atom. The molecule has 0 bridgehead atoms. The maximum absolute atomic E-state index is 13.7. The number of nitrogens with zero attached hydrogens (tertiary/aromatic N) is 3. The van der Waals surface area contributed by atoms with Crippen LogP contribution in [0.2, 0.25) is 0 Å². The van der Waals surface area contributed by atoms with Crippen molar-refractivity contribution < 1.29 is 14.0 Å². The molecule has 0 spiro atoms. The molecule has 1 N–H and O–H groups in total. The van der Waals surface area contributed by atoms with Crippen LogP contribution in [-0.4, -0.2) is 21.5 Å². The lowest BCUT2D eigenvalue weighted by molar-refractivity contribution is -0.115. The van der Waals surface area contributed by atoms with E-state index in [2.05, 4.69) is 25.9 Å². The van der Waals surface area contributed by atoms with Crippen molar-refractivity contribution in [3.8, 4) is 12.1 Å². The average Bonchev–Trinajstić information content (AvgIpc) is 2.72. The molecule has 1 aliphatic rings. The third-order valence-electron chi connectivity index (χ3n) is 3.85. The molecule has 0 amide bonds. The molecule has 7 nitrogen and oxygen atoms in total. The van der Waals surface area contributed by atoms with Gasteiger partial charge in [-0.2, -0.15) is 10.5 Å². The number of allylic oxidation sites excluding steroid dienone is 4. The van der Waals surface area contributed by atoms with E-state index in [1.165, 1.54) is 12.1 Å². The van der Waals surface area contributed by atoms with Gasteiger partial charge >= 0.3 is 0 Å². The number of Topliss-reactive ketones (excluding diaryl/α,β-unsaturated/α-hetero) is 2. The first-order valence-corrected chi connectivity index (χ1v) is 9.67. The van der Waals surface area contributed by atoms with Gasteiger partial charge in [-0.05, 0) is 28.1 Å². The van der Waals surface area contributed by atoms with Crippen LogP contribution in [0.5, 0.6) is 0 Å². The number of hydrogen-bond donors (Lipinski definition) is 1. The Labute approximate surface area is 187 Å². The predicted octanol–water partition coefficient (Wildman–Crippen LogP) is 4.12. The van der Waals surface area contributed by atoms with Gasteiger partial charge < -0.3 is 4.98 Å². The van der Waals surface area contributed by atoms with Gasteiger partial charge in [-0.15, -0.1) is 0 Å². The van der Waals surface area contributed by atoms with Crippen LogP contribution in [0.4, 0.5) is 4.39 Å². The molecule has 0 saturated carbocycles. The zero-order valence-corrected chi connectivity index (χ0v) is 18.4. The largest absolute Gasteiger partial charge is 0.317 e. The number of carbonyl (C=O) groups is 2. The normalized spacial score (nSPS) is 13.9. The van der Waals surface area contributed by atoms with Crippen molar-refractivity contribution in [3.05, 3.63) is 59.7 Å². The first-order valence-electron chi connectivity index (χ1n) is 8.12. The lowest BCUT2D eigenvalue weighted by Crippen LogP contribution is -2.18. The maximum atomic E-state index is 13.7. The van der Waals surface area contributed by atoms with Crippen LogP contribution in [0.25, 0.3) is 11.0 Å². The van der Waals surface area contributed by atoms with E-state index in [9.17, 15) is 18.8 Å². The van der Waals surface area contributed by atoms with E-state index in [0.29, 0.717) is 15.7 Å². The number of H-pyrrole nitrogens is 1. The van der Waals surface area contributed by atoms with Crippen LogP contribution in [0, 0.1) is 28.5 Å². The second kappa shape index (κ2) is 9.31. The smallest absolute Gasteiger partial charge is 0.270 e. The molecule has 30 heavy (non-hydrogen) atoms. The Balaban J connectivity index is 0.000000216. The van der Waals surface area contributed by atoms with Gasteiger partial charge in [0, 0.05) is 5.92 Å². The molecule has 2 aromatic rings. The number of fused-ring (bicyclic) bond motifs is 1. The summed E-state index contributed by atoms with van der Waals surface area (Å²) in [6, 6.07) is 6.14. The van der Waals surface area contributed by atoms with Crippen LogP contribution in [0.3, 0.4) is 0 Å². The summed E-state index contributed by atoms with van der Waals surface area (Å²) in [5.41, 5.74) is -0.430. The molecule has 1 aromatic carbocycles. The first-order chi connectivity index (χ1) is 14.0. The molecule has 0 fully saturated rings. The monoisotopic (exact) mass is 510 g/mol. The minimum atomic E-state index is -0.893. The van der Waals surface area contributed by atoms with Gasteiger partial charge in [0.1, 0.15) is 44.6 Å². The minimum Gasteiger partial charge on any atom is -0.317 e. The maximum Gasteiger partial charge on any atom is 0.270 e. The van der Waals surface area contributed by atoms with E-state index in [4.69, 9.17) is 33.7 Å². The third kappa shape index (κ3) is 4.34. The fourth-order valence-electron chi connectivity index (χ4n) is 2.36. The minimum absolute atomic E-state index is 0.0138. The second-order valence-corrected chi connectivity index (χ2v) is 7.73. The van der Waals surface area contributed by atoms with Crippen molar-refractivity contribution >= 4 is 61.7 Å². The van der Waals surface area contributed by atoms with Crippen LogP contribution in [0.1, 0.15) is 25.5 Å². The summed E-state index contributed by atoms with van der Waals surface area (Å²) in [5.74, 6) is -2.26. The number of carbonyl (C=O) groups excluding carboxylic acids is 2. The molecule has 0 saturated heterocycles. The van der Waals surface area contributed by atoms with Gasteiger partial charge in [0.25, 0.3) is 5.56 Å². The Bertz CT molecular complexity index is 1260. The zero-order chi connectivity index (χ0) is 22.7. The Hall–Kier alpha value is -2.85. The first kappa shape index (κ1) is 23.4. The number of aromatic amines is 1. The van der Waals surface area contributed by atoms with Gasteiger partial charge in [0.2, 0.25) is 11.6 Å². The van der Waals surface area contributed by atoms with Crippen LogP contribution in [0.15, 0.2) is 42.6 Å². The molecular formula is C19H10BrCl2FN4O3. The van der Waals surface area contributed by atoms with Crippen molar-refractivity contribution in [3.63, 3.8) is 0 Å². The quantitative estimate of drug-likeness (QED) is 0.573. The fourth-order valence-corrected chi connectivity index (χ4v) is 3.05. The molecule has 1 aliphatic carbocycles. The highest BCUT2D eigenvalue weighted by Crippen LogP contribution is 2.28. The summed E-state index contributed by atoms with van der Waals surface area (Å²) in [7, 11) is 0. The molecule has 11 heteroatoms. The molecule has 0 aliphatic heterocycles. The fraction of sp³-hybridized carbons (Fsp3) is 0.158.